The number of ether oxygens (including phenoxy) is 2. The highest BCUT2D eigenvalue weighted by Crippen LogP contribution is 2.28. The number of hydrogen-bond donors (Lipinski definition) is 1. The summed E-state index contributed by atoms with van der Waals surface area (Å²) in [6, 6.07) is 18.0. The second kappa shape index (κ2) is 8.35. The Bertz CT molecular complexity index is 841. The molecule has 0 saturated heterocycles. The van der Waals surface area contributed by atoms with Crippen molar-refractivity contribution in [1.82, 2.24) is 0 Å². The first-order chi connectivity index (χ1) is 11.6. The van der Waals surface area contributed by atoms with E-state index in [1.54, 1.807) is 36.4 Å². The highest BCUT2D eigenvalue weighted by atomic mass is 35.5. The molecule has 25 heavy (non-hydrogen) atoms. The fraction of sp³-hybridized carbons (Fsp3) is 0.0526. The fourth-order valence-corrected chi connectivity index (χ4v) is 2.13. The summed E-state index contributed by atoms with van der Waals surface area (Å²) in [5, 5.41) is 0. The first kappa shape index (κ1) is 18.5. The predicted molar refractivity (Wildman–Crippen MR) is 95.3 cm³/mol. The van der Waals surface area contributed by atoms with Gasteiger partial charge in [0.25, 0.3) is 0 Å². The molecule has 0 heterocycles. The van der Waals surface area contributed by atoms with Crippen molar-refractivity contribution in [2.45, 2.75) is 6.61 Å². The summed E-state index contributed by atoms with van der Waals surface area (Å²) in [7, 11) is 0. The molecule has 0 spiro atoms. The van der Waals surface area contributed by atoms with Crippen LogP contribution in [0.3, 0.4) is 0 Å². The van der Waals surface area contributed by atoms with E-state index in [0.29, 0.717) is 22.9 Å². The first-order valence-electron chi connectivity index (χ1n) is 7.31. The van der Waals surface area contributed by atoms with Crippen molar-refractivity contribution in [2.24, 2.45) is 0 Å². The maximum Gasteiger partial charge on any atom is 0.165 e. The minimum absolute atomic E-state index is 0. The Labute approximate surface area is 150 Å². The van der Waals surface area contributed by atoms with E-state index < -0.39 is 11.6 Å². The molecule has 0 saturated carbocycles. The van der Waals surface area contributed by atoms with Crippen LogP contribution in [-0.2, 0) is 6.61 Å². The van der Waals surface area contributed by atoms with Crippen molar-refractivity contribution in [3.05, 3.63) is 83.9 Å². The second-order valence-corrected chi connectivity index (χ2v) is 5.11. The van der Waals surface area contributed by atoms with Gasteiger partial charge in [-0.1, -0.05) is 24.3 Å². The topological polar surface area (TPSA) is 44.5 Å². The smallest absolute Gasteiger partial charge is 0.165 e. The van der Waals surface area contributed by atoms with Crippen molar-refractivity contribution < 1.29 is 18.3 Å². The van der Waals surface area contributed by atoms with Gasteiger partial charge >= 0.3 is 0 Å². The van der Waals surface area contributed by atoms with Crippen LogP contribution in [0.1, 0.15) is 5.56 Å². The molecule has 3 aromatic carbocycles. The van der Waals surface area contributed by atoms with Gasteiger partial charge < -0.3 is 15.2 Å². The zero-order valence-electron chi connectivity index (χ0n) is 13.1. The van der Waals surface area contributed by atoms with Crippen molar-refractivity contribution in [1.29, 1.82) is 0 Å². The summed E-state index contributed by atoms with van der Waals surface area (Å²) in [5.74, 6) is -0.102. The number of rotatable bonds is 5. The van der Waals surface area contributed by atoms with Crippen LogP contribution >= 0.6 is 12.4 Å². The molecule has 0 bridgehead atoms. The summed E-state index contributed by atoms with van der Waals surface area (Å²) >= 11 is 0. The molecule has 3 aromatic rings. The predicted octanol–water partition coefficient (Wildman–Crippen LogP) is 5.34. The number of para-hydroxylation sites is 2. The van der Waals surface area contributed by atoms with Crippen LogP contribution in [0.15, 0.2) is 66.7 Å². The Balaban J connectivity index is 0.00000225. The molecule has 3 rings (SSSR count). The third-order valence-electron chi connectivity index (χ3n) is 3.40. The molecule has 0 aromatic heterocycles. The number of halogens is 3. The normalized spacial score (nSPS) is 10.0. The first-order valence-corrected chi connectivity index (χ1v) is 7.31. The van der Waals surface area contributed by atoms with Gasteiger partial charge in [0.05, 0.1) is 5.69 Å². The minimum atomic E-state index is -0.892. The molecule has 0 aliphatic heterocycles. The van der Waals surface area contributed by atoms with Crippen molar-refractivity contribution in [3.63, 3.8) is 0 Å². The van der Waals surface area contributed by atoms with Crippen molar-refractivity contribution in [2.75, 3.05) is 5.73 Å². The van der Waals surface area contributed by atoms with Crippen LogP contribution in [0.5, 0.6) is 17.2 Å². The number of hydrogen-bond acceptors (Lipinski definition) is 3. The number of nitrogen functional groups attached to an aromatic ring is 1. The minimum Gasteiger partial charge on any atom is -0.489 e. The van der Waals surface area contributed by atoms with Gasteiger partial charge in [-0.25, -0.2) is 8.78 Å². The lowest BCUT2D eigenvalue weighted by Gasteiger charge is -2.10. The third kappa shape index (κ3) is 4.61. The summed E-state index contributed by atoms with van der Waals surface area (Å²) in [6.45, 7) is -0.0601. The van der Waals surface area contributed by atoms with Gasteiger partial charge in [-0.05, 0) is 42.5 Å². The van der Waals surface area contributed by atoms with Crippen molar-refractivity contribution >= 4 is 18.1 Å². The maximum absolute atomic E-state index is 13.6. The molecule has 0 aliphatic carbocycles. The Morgan fingerprint density at radius 2 is 1.48 bits per heavy atom. The Hall–Kier alpha value is -2.79. The van der Waals surface area contributed by atoms with Gasteiger partial charge in [-0.15, -0.1) is 12.4 Å². The second-order valence-electron chi connectivity index (χ2n) is 5.11. The standard InChI is InChI=1S/C19H15F2NO2.ClH/c20-16-5-3-4-13(19(16)21)12-23-14-8-10-15(11-9-14)24-18-7-2-1-6-17(18)22;/h1-11H,12,22H2;1H. The molecule has 2 N–H and O–H groups in total. The summed E-state index contributed by atoms with van der Waals surface area (Å²) < 4.78 is 37.8. The van der Waals surface area contributed by atoms with Gasteiger partial charge in [0.2, 0.25) is 0 Å². The summed E-state index contributed by atoms with van der Waals surface area (Å²) in [6.07, 6.45) is 0. The molecule has 0 radical (unpaired) electrons. The van der Waals surface area contributed by atoms with E-state index in [2.05, 4.69) is 0 Å². The molecular formula is C19H16ClF2NO2. The summed E-state index contributed by atoms with van der Waals surface area (Å²) in [4.78, 5) is 0. The summed E-state index contributed by atoms with van der Waals surface area (Å²) in [5.41, 5.74) is 6.52. The lowest BCUT2D eigenvalue weighted by molar-refractivity contribution is 0.297. The monoisotopic (exact) mass is 363 g/mol. The number of benzene rings is 3. The molecule has 0 fully saturated rings. The highest BCUT2D eigenvalue weighted by Gasteiger charge is 2.08. The quantitative estimate of drug-likeness (QED) is 0.622. The van der Waals surface area contributed by atoms with E-state index in [4.69, 9.17) is 15.2 Å². The van der Waals surface area contributed by atoms with E-state index in [1.807, 2.05) is 12.1 Å². The van der Waals surface area contributed by atoms with Crippen LogP contribution in [0.4, 0.5) is 14.5 Å². The average molecular weight is 364 g/mol. The van der Waals surface area contributed by atoms with Gasteiger partial charge in [-0.2, -0.15) is 0 Å². The molecule has 0 amide bonds. The molecule has 0 atom stereocenters. The Morgan fingerprint density at radius 1 is 0.800 bits per heavy atom. The van der Waals surface area contributed by atoms with Gasteiger partial charge in [0.1, 0.15) is 23.9 Å². The van der Waals surface area contributed by atoms with E-state index in [-0.39, 0.29) is 24.6 Å². The van der Waals surface area contributed by atoms with Gasteiger partial charge in [0, 0.05) is 5.56 Å². The van der Waals surface area contributed by atoms with Crippen LogP contribution in [0, 0.1) is 11.6 Å². The zero-order chi connectivity index (χ0) is 16.9. The van der Waals surface area contributed by atoms with Crippen molar-refractivity contribution in [3.8, 4) is 17.2 Å². The molecule has 130 valence electrons. The largest absolute Gasteiger partial charge is 0.489 e. The molecule has 0 aliphatic rings. The van der Waals surface area contributed by atoms with Crippen LogP contribution in [-0.4, -0.2) is 0 Å². The Morgan fingerprint density at radius 3 is 2.20 bits per heavy atom. The molecule has 0 unspecified atom stereocenters. The fourth-order valence-electron chi connectivity index (χ4n) is 2.13. The van der Waals surface area contributed by atoms with Crippen LogP contribution < -0.4 is 15.2 Å². The molecular weight excluding hydrogens is 348 g/mol. The van der Waals surface area contributed by atoms with E-state index in [9.17, 15) is 8.78 Å². The number of nitrogens with two attached hydrogens (primary N) is 1. The molecule has 6 heteroatoms. The third-order valence-corrected chi connectivity index (χ3v) is 3.40. The van der Waals surface area contributed by atoms with E-state index >= 15 is 0 Å². The number of anilines is 1. The average Bonchev–Trinajstić information content (AvgIpc) is 2.59. The van der Waals surface area contributed by atoms with E-state index in [0.717, 1.165) is 6.07 Å². The van der Waals surface area contributed by atoms with Gasteiger partial charge in [-0.3, -0.25) is 0 Å². The van der Waals surface area contributed by atoms with Crippen LogP contribution in [0.25, 0.3) is 0 Å². The van der Waals surface area contributed by atoms with E-state index in [1.165, 1.54) is 12.1 Å². The maximum atomic E-state index is 13.6. The Kier molecular flexibility index (Phi) is 6.19. The zero-order valence-corrected chi connectivity index (χ0v) is 13.9. The molecule has 3 nitrogen and oxygen atoms in total. The lowest BCUT2D eigenvalue weighted by atomic mass is 10.2. The van der Waals surface area contributed by atoms with Gasteiger partial charge in [0.15, 0.2) is 11.6 Å². The highest BCUT2D eigenvalue weighted by molar-refractivity contribution is 5.85. The van der Waals surface area contributed by atoms with Crippen LogP contribution in [0.2, 0.25) is 0 Å². The SMILES string of the molecule is Cl.Nc1ccccc1Oc1ccc(OCc2cccc(F)c2F)cc1. The lowest BCUT2D eigenvalue weighted by Crippen LogP contribution is -2.00.